The van der Waals surface area contributed by atoms with Crippen LogP contribution in [0.15, 0.2) is 24.3 Å². The fraction of sp³-hybridized carbons (Fsp3) is 0.286. The van der Waals surface area contributed by atoms with Crippen LogP contribution in [0.5, 0.6) is 0 Å². The first-order valence-electron chi connectivity index (χ1n) is 6.05. The Morgan fingerprint density at radius 2 is 2.00 bits per heavy atom. The predicted molar refractivity (Wildman–Crippen MR) is 70.3 cm³/mol. The van der Waals surface area contributed by atoms with E-state index in [1.165, 1.54) is 0 Å². The molecule has 1 aromatic carbocycles. The molecule has 0 saturated carbocycles. The zero-order valence-electron chi connectivity index (χ0n) is 9.86. The summed E-state index contributed by atoms with van der Waals surface area (Å²) in [5, 5.41) is 10.0. The van der Waals surface area contributed by atoms with Gasteiger partial charge in [0.25, 0.3) is 0 Å². The summed E-state index contributed by atoms with van der Waals surface area (Å²) in [7, 11) is 0. The smallest absolute Gasteiger partial charge is 0.148 e. The van der Waals surface area contributed by atoms with Crippen LogP contribution in [-0.4, -0.2) is 9.55 Å². The molecule has 0 N–H and O–H groups in total. The lowest BCUT2D eigenvalue weighted by Gasteiger charge is -2.13. The molecular formula is C14H12ClN3. The molecule has 1 aliphatic heterocycles. The normalized spacial score (nSPS) is 14.0. The van der Waals surface area contributed by atoms with Gasteiger partial charge in [0.1, 0.15) is 23.3 Å². The first-order valence-corrected chi connectivity index (χ1v) is 6.43. The van der Waals surface area contributed by atoms with Crippen molar-refractivity contribution in [3.8, 4) is 17.3 Å². The summed E-state index contributed by atoms with van der Waals surface area (Å²) in [6, 6.07) is 9.77. The summed E-state index contributed by atoms with van der Waals surface area (Å²) in [5.74, 6) is 1.03. The molecule has 90 valence electrons. The second-order valence-electron chi connectivity index (χ2n) is 4.45. The zero-order valence-corrected chi connectivity index (χ0v) is 10.6. The van der Waals surface area contributed by atoms with Crippen molar-refractivity contribution in [1.82, 2.24) is 9.55 Å². The van der Waals surface area contributed by atoms with Gasteiger partial charge in [-0.25, -0.2) is 4.98 Å². The van der Waals surface area contributed by atoms with Gasteiger partial charge in [-0.2, -0.15) is 5.26 Å². The molecule has 0 amide bonds. The van der Waals surface area contributed by atoms with E-state index in [9.17, 15) is 5.26 Å². The van der Waals surface area contributed by atoms with E-state index < -0.39 is 0 Å². The largest absolute Gasteiger partial charge is 0.319 e. The standard InChI is InChI=1S/C14H12ClN3/c15-11-6-4-10(5-7-11)14-12(9-16)18-8-2-1-3-13(18)17-14/h4-7H,1-3,8H2. The number of halogens is 1. The van der Waals surface area contributed by atoms with E-state index in [0.717, 1.165) is 42.9 Å². The summed E-state index contributed by atoms with van der Waals surface area (Å²) < 4.78 is 2.05. The first kappa shape index (κ1) is 11.3. The molecular weight excluding hydrogens is 246 g/mol. The molecule has 2 aromatic rings. The fourth-order valence-electron chi connectivity index (χ4n) is 2.41. The molecule has 1 aliphatic rings. The van der Waals surface area contributed by atoms with E-state index in [0.29, 0.717) is 10.7 Å². The number of nitriles is 1. The second-order valence-corrected chi connectivity index (χ2v) is 4.89. The summed E-state index contributed by atoms with van der Waals surface area (Å²) in [6.45, 7) is 0.902. The molecule has 18 heavy (non-hydrogen) atoms. The molecule has 1 aromatic heterocycles. The number of aryl methyl sites for hydroxylation is 1. The van der Waals surface area contributed by atoms with Crippen LogP contribution in [0.2, 0.25) is 5.02 Å². The maximum absolute atomic E-state index is 9.34. The number of rotatable bonds is 1. The molecule has 2 heterocycles. The molecule has 0 saturated heterocycles. The van der Waals surface area contributed by atoms with Crippen molar-refractivity contribution in [2.24, 2.45) is 0 Å². The summed E-state index contributed by atoms with van der Waals surface area (Å²) >= 11 is 5.88. The van der Waals surface area contributed by atoms with Crippen LogP contribution >= 0.6 is 11.6 Å². The highest BCUT2D eigenvalue weighted by Crippen LogP contribution is 2.27. The number of aromatic nitrogens is 2. The average molecular weight is 258 g/mol. The summed E-state index contributed by atoms with van der Waals surface area (Å²) in [5.41, 5.74) is 2.41. The van der Waals surface area contributed by atoms with Crippen molar-refractivity contribution in [2.75, 3.05) is 0 Å². The predicted octanol–water partition coefficient (Wildman–Crippen LogP) is 3.41. The molecule has 3 nitrogen and oxygen atoms in total. The second kappa shape index (κ2) is 4.47. The molecule has 0 atom stereocenters. The monoisotopic (exact) mass is 257 g/mol. The number of imidazole rings is 1. The number of nitrogens with zero attached hydrogens (tertiary/aromatic N) is 3. The van der Waals surface area contributed by atoms with Gasteiger partial charge in [-0.15, -0.1) is 0 Å². The third kappa shape index (κ3) is 1.79. The van der Waals surface area contributed by atoms with Gasteiger partial charge < -0.3 is 4.57 Å². The first-order chi connectivity index (χ1) is 8.79. The lowest BCUT2D eigenvalue weighted by atomic mass is 10.1. The SMILES string of the molecule is N#Cc1c(-c2ccc(Cl)cc2)nc2n1CCCC2. The van der Waals surface area contributed by atoms with E-state index >= 15 is 0 Å². The van der Waals surface area contributed by atoms with Crippen LogP contribution in [0, 0.1) is 11.3 Å². The highest BCUT2D eigenvalue weighted by atomic mass is 35.5. The Kier molecular flexibility index (Phi) is 2.81. The number of fused-ring (bicyclic) bond motifs is 1. The Hall–Kier alpha value is -1.79. The van der Waals surface area contributed by atoms with E-state index in [4.69, 9.17) is 11.6 Å². The molecule has 4 heteroatoms. The van der Waals surface area contributed by atoms with E-state index in [-0.39, 0.29) is 0 Å². The lowest BCUT2D eigenvalue weighted by Crippen LogP contribution is -2.11. The van der Waals surface area contributed by atoms with Crippen molar-refractivity contribution >= 4 is 11.6 Å². The molecule has 0 aliphatic carbocycles. The number of hydrogen-bond acceptors (Lipinski definition) is 2. The van der Waals surface area contributed by atoms with Gasteiger partial charge in [0, 0.05) is 23.6 Å². The van der Waals surface area contributed by atoms with Gasteiger partial charge >= 0.3 is 0 Å². The van der Waals surface area contributed by atoms with Gasteiger partial charge in [-0.1, -0.05) is 23.7 Å². The maximum Gasteiger partial charge on any atom is 0.148 e. The Labute approximate surface area is 111 Å². The molecule has 0 radical (unpaired) electrons. The molecule has 0 bridgehead atoms. The quantitative estimate of drug-likeness (QED) is 0.786. The van der Waals surface area contributed by atoms with Crippen molar-refractivity contribution in [3.63, 3.8) is 0 Å². The Bertz CT molecular complexity index is 620. The Balaban J connectivity index is 2.15. The van der Waals surface area contributed by atoms with Gasteiger partial charge in [0.05, 0.1) is 0 Å². The minimum absolute atomic E-state index is 0.673. The molecule has 0 spiro atoms. The highest BCUT2D eigenvalue weighted by molar-refractivity contribution is 6.30. The highest BCUT2D eigenvalue weighted by Gasteiger charge is 2.20. The topological polar surface area (TPSA) is 41.6 Å². The van der Waals surface area contributed by atoms with Crippen LogP contribution in [0.25, 0.3) is 11.3 Å². The van der Waals surface area contributed by atoms with Crippen LogP contribution < -0.4 is 0 Å². The van der Waals surface area contributed by atoms with E-state index in [1.807, 2.05) is 28.8 Å². The van der Waals surface area contributed by atoms with Crippen LogP contribution in [0.1, 0.15) is 24.4 Å². The average Bonchev–Trinajstić information content (AvgIpc) is 2.78. The summed E-state index contributed by atoms with van der Waals surface area (Å²) in [6.07, 6.45) is 3.24. The van der Waals surface area contributed by atoms with Crippen LogP contribution in [0.4, 0.5) is 0 Å². The van der Waals surface area contributed by atoms with Crippen LogP contribution in [0.3, 0.4) is 0 Å². The zero-order chi connectivity index (χ0) is 12.5. The molecule has 3 rings (SSSR count). The van der Waals surface area contributed by atoms with E-state index in [2.05, 4.69) is 11.1 Å². The Morgan fingerprint density at radius 1 is 1.22 bits per heavy atom. The van der Waals surface area contributed by atoms with Gasteiger partial charge in [0.15, 0.2) is 0 Å². The van der Waals surface area contributed by atoms with Gasteiger partial charge in [-0.3, -0.25) is 0 Å². The minimum Gasteiger partial charge on any atom is -0.319 e. The van der Waals surface area contributed by atoms with Gasteiger partial charge in [0.2, 0.25) is 0 Å². The van der Waals surface area contributed by atoms with Crippen molar-refractivity contribution in [1.29, 1.82) is 5.26 Å². The molecule has 0 fully saturated rings. The third-order valence-electron chi connectivity index (χ3n) is 3.30. The minimum atomic E-state index is 0.673. The van der Waals surface area contributed by atoms with Crippen molar-refractivity contribution < 1.29 is 0 Å². The lowest BCUT2D eigenvalue weighted by molar-refractivity contribution is 0.519. The molecule has 0 unspecified atom stereocenters. The summed E-state index contributed by atoms with van der Waals surface area (Å²) in [4.78, 5) is 4.62. The van der Waals surface area contributed by atoms with Crippen molar-refractivity contribution in [3.05, 3.63) is 40.8 Å². The fourth-order valence-corrected chi connectivity index (χ4v) is 2.53. The third-order valence-corrected chi connectivity index (χ3v) is 3.55. The maximum atomic E-state index is 9.34. The number of hydrogen-bond donors (Lipinski definition) is 0. The van der Waals surface area contributed by atoms with Crippen LogP contribution in [-0.2, 0) is 13.0 Å². The van der Waals surface area contributed by atoms with Gasteiger partial charge in [-0.05, 0) is 25.0 Å². The van der Waals surface area contributed by atoms with Crippen molar-refractivity contribution in [2.45, 2.75) is 25.8 Å². The Morgan fingerprint density at radius 3 is 2.72 bits per heavy atom. The van der Waals surface area contributed by atoms with E-state index in [1.54, 1.807) is 0 Å². The number of benzene rings is 1.